The number of aromatic hydroxyl groups is 1. The molecule has 0 aliphatic carbocycles. The molecule has 18 heavy (non-hydrogen) atoms. The maximum atomic E-state index is 11.7. The number of carbonyl (C=O) groups is 1. The molecule has 0 bridgehead atoms. The number of aromatic amines is 1. The average molecular weight is 241 g/mol. The number of methoxy groups -OCH3 is 1. The van der Waals surface area contributed by atoms with Crippen LogP contribution in [0.5, 0.6) is 5.75 Å². The molecular weight excluding hydrogens is 230 g/mol. The number of benzene rings is 2. The van der Waals surface area contributed by atoms with Crippen molar-refractivity contribution in [3.63, 3.8) is 0 Å². The molecular formula is C14H11NO3. The van der Waals surface area contributed by atoms with Gasteiger partial charge in [0, 0.05) is 16.3 Å². The first-order valence-electron chi connectivity index (χ1n) is 5.53. The summed E-state index contributed by atoms with van der Waals surface area (Å²) >= 11 is 0. The van der Waals surface area contributed by atoms with Crippen LogP contribution in [-0.4, -0.2) is 23.2 Å². The fourth-order valence-corrected chi connectivity index (χ4v) is 2.22. The minimum atomic E-state index is -0.551. The monoisotopic (exact) mass is 241 g/mol. The van der Waals surface area contributed by atoms with E-state index in [4.69, 9.17) is 4.74 Å². The highest BCUT2D eigenvalue weighted by Crippen LogP contribution is 2.32. The van der Waals surface area contributed by atoms with Gasteiger partial charge < -0.3 is 14.8 Å². The molecule has 0 unspecified atom stereocenters. The molecule has 4 nitrogen and oxygen atoms in total. The first-order chi connectivity index (χ1) is 8.72. The fraction of sp³-hybridized carbons (Fsp3) is 0.0714. The quantitative estimate of drug-likeness (QED) is 0.644. The summed E-state index contributed by atoms with van der Waals surface area (Å²) < 4.78 is 4.70. The summed E-state index contributed by atoms with van der Waals surface area (Å²) in [5.74, 6) is -0.634. The normalized spacial score (nSPS) is 10.9. The van der Waals surface area contributed by atoms with E-state index in [1.807, 2.05) is 24.3 Å². The third-order valence-corrected chi connectivity index (χ3v) is 3.05. The van der Waals surface area contributed by atoms with Crippen molar-refractivity contribution in [3.05, 3.63) is 42.0 Å². The summed E-state index contributed by atoms with van der Waals surface area (Å²) in [6.45, 7) is 0. The lowest BCUT2D eigenvalue weighted by Crippen LogP contribution is -2.02. The Balaban J connectivity index is 2.47. The number of phenols is 1. The minimum absolute atomic E-state index is 0.0825. The molecule has 0 fully saturated rings. The summed E-state index contributed by atoms with van der Waals surface area (Å²) in [6, 6.07) is 11.0. The van der Waals surface area contributed by atoms with Gasteiger partial charge in [-0.15, -0.1) is 0 Å². The van der Waals surface area contributed by atoms with Crippen LogP contribution in [0.25, 0.3) is 21.8 Å². The highest BCUT2D eigenvalue weighted by atomic mass is 16.5. The summed E-state index contributed by atoms with van der Waals surface area (Å²) in [5.41, 5.74) is 1.69. The van der Waals surface area contributed by atoms with Crippen LogP contribution in [0.2, 0.25) is 0 Å². The van der Waals surface area contributed by atoms with Crippen LogP contribution in [0.15, 0.2) is 36.4 Å². The van der Waals surface area contributed by atoms with Gasteiger partial charge in [0.1, 0.15) is 11.3 Å². The lowest BCUT2D eigenvalue weighted by Gasteiger charge is -2.03. The van der Waals surface area contributed by atoms with Crippen molar-refractivity contribution in [2.45, 2.75) is 0 Å². The number of esters is 1. The van der Waals surface area contributed by atoms with Crippen LogP contribution in [0.3, 0.4) is 0 Å². The van der Waals surface area contributed by atoms with Crippen molar-refractivity contribution >= 4 is 27.8 Å². The van der Waals surface area contributed by atoms with Crippen molar-refractivity contribution < 1.29 is 14.6 Å². The number of para-hydroxylation sites is 1. The maximum absolute atomic E-state index is 11.7. The molecule has 0 aliphatic rings. The van der Waals surface area contributed by atoms with Crippen LogP contribution in [-0.2, 0) is 4.74 Å². The Morgan fingerprint density at radius 1 is 1.17 bits per heavy atom. The van der Waals surface area contributed by atoms with Crippen LogP contribution in [0.4, 0.5) is 0 Å². The van der Waals surface area contributed by atoms with E-state index in [2.05, 4.69) is 4.98 Å². The summed E-state index contributed by atoms with van der Waals surface area (Å²) in [6.07, 6.45) is 0. The highest BCUT2D eigenvalue weighted by Gasteiger charge is 2.18. The van der Waals surface area contributed by atoms with Gasteiger partial charge in [-0.05, 0) is 18.2 Å². The van der Waals surface area contributed by atoms with Crippen molar-refractivity contribution in [1.82, 2.24) is 4.98 Å². The van der Waals surface area contributed by atoms with E-state index in [1.165, 1.54) is 13.2 Å². The zero-order valence-electron chi connectivity index (χ0n) is 9.73. The summed E-state index contributed by atoms with van der Waals surface area (Å²) in [4.78, 5) is 14.9. The van der Waals surface area contributed by atoms with Crippen molar-refractivity contribution in [3.8, 4) is 5.75 Å². The molecule has 0 spiro atoms. The van der Waals surface area contributed by atoms with Crippen LogP contribution in [0.1, 0.15) is 10.4 Å². The number of hydrogen-bond donors (Lipinski definition) is 2. The lowest BCUT2D eigenvalue weighted by atomic mass is 10.1. The average Bonchev–Trinajstić information content (AvgIpc) is 2.76. The molecule has 3 rings (SSSR count). The second-order valence-corrected chi connectivity index (χ2v) is 4.04. The molecule has 2 aromatic carbocycles. The van der Waals surface area contributed by atoms with E-state index in [0.29, 0.717) is 5.52 Å². The molecule has 2 N–H and O–H groups in total. The van der Waals surface area contributed by atoms with Crippen molar-refractivity contribution in [2.24, 2.45) is 0 Å². The maximum Gasteiger partial charge on any atom is 0.343 e. The number of rotatable bonds is 1. The first-order valence-corrected chi connectivity index (χ1v) is 5.53. The first kappa shape index (κ1) is 10.7. The smallest absolute Gasteiger partial charge is 0.343 e. The topological polar surface area (TPSA) is 62.3 Å². The molecule has 1 heterocycles. The molecule has 0 atom stereocenters. The Morgan fingerprint density at radius 2 is 1.94 bits per heavy atom. The van der Waals surface area contributed by atoms with E-state index in [1.54, 1.807) is 6.07 Å². The molecule has 90 valence electrons. The molecule has 0 radical (unpaired) electrons. The van der Waals surface area contributed by atoms with Gasteiger partial charge in [0.05, 0.1) is 12.6 Å². The van der Waals surface area contributed by atoms with E-state index < -0.39 is 5.97 Å². The van der Waals surface area contributed by atoms with Crippen LogP contribution in [0, 0.1) is 0 Å². The Hall–Kier alpha value is -2.49. The number of ether oxygens (including phenoxy) is 1. The van der Waals surface area contributed by atoms with E-state index in [0.717, 1.165) is 16.3 Å². The van der Waals surface area contributed by atoms with E-state index in [-0.39, 0.29) is 11.3 Å². The summed E-state index contributed by atoms with van der Waals surface area (Å²) in [5, 5.41) is 11.7. The van der Waals surface area contributed by atoms with Gasteiger partial charge >= 0.3 is 5.97 Å². The van der Waals surface area contributed by atoms with Crippen molar-refractivity contribution in [2.75, 3.05) is 7.11 Å². The Bertz CT molecular complexity index is 758. The van der Waals surface area contributed by atoms with Crippen LogP contribution < -0.4 is 0 Å². The number of carbonyl (C=O) groups excluding carboxylic acids is 1. The predicted octanol–water partition coefficient (Wildman–Crippen LogP) is 2.81. The molecule has 0 saturated heterocycles. The van der Waals surface area contributed by atoms with Gasteiger partial charge in [-0.25, -0.2) is 4.79 Å². The van der Waals surface area contributed by atoms with Gasteiger partial charge in [-0.1, -0.05) is 18.2 Å². The largest absolute Gasteiger partial charge is 0.507 e. The third-order valence-electron chi connectivity index (χ3n) is 3.05. The van der Waals surface area contributed by atoms with Gasteiger partial charge in [0.2, 0.25) is 0 Å². The predicted molar refractivity (Wildman–Crippen MR) is 68.8 cm³/mol. The number of nitrogens with one attached hydrogen (secondary N) is 1. The Kier molecular flexibility index (Phi) is 2.23. The minimum Gasteiger partial charge on any atom is -0.507 e. The molecule has 3 aromatic rings. The van der Waals surface area contributed by atoms with E-state index >= 15 is 0 Å². The second kappa shape index (κ2) is 3.77. The second-order valence-electron chi connectivity index (χ2n) is 4.04. The van der Waals surface area contributed by atoms with Gasteiger partial charge in [-0.2, -0.15) is 0 Å². The fourth-order valence-electron chi connectivity index (χ4n) is 2.22. The number of H-pyrrole nitrogens is 1. The zero-order valence-corrected chi connectivity index (χ0v) is 9.73. The zero-order chi connectivity index (χ0) is 12.7. The summed E-state index contributed by atoms with van der Waals surface area (Å²) in [7, 11) is 1.29. The SMILES string of the molecule is COC(=O)c1c(O)ccc2c1[nH]c1ccccc12. The van der Waals surface area contributed by atoms with Gasteiger partial charge in [-0.3, -0.25) is 0 Å². The lowest BCUT2D eigenvalue weighted by molar-refractivity contribution is 0.0599. The van der Waals surface area contributed by atoms with E-state index in [9.17, 15) is 9.90 Å². The molecule has 0 amide bonds. The Morgan fingerprint density at radius 3 is 2.72 bits per heavy atom. The van der Waals surface area contributed by atoms with Gasteiger partial charge in [0.25, 0.3) is 0 Å². The van der Waals surface area contributed by atoms with Crippen LogP contribution >= 0.6 is 0 Å². The third kappa shape index (κ3) is 1.35. The number of fused-ring (bicyclic) bond motifs is 3. The number of phenolic OH excluding ortho intramolecular Hbond substituents is 1. The Labute approximate surface area is 103 Å². The highest BCUT2D eigenvalue weighted by molar-refractivity contribution is 6.15. The molecule has 4 heteroatoms. The molecule has 0 saturated carbocycles. The molecule has 1 aromatic heterocycles. The van der Waals surface area contributed by atoms with Crippen molar-refractivity contribution in [1.29, 1.82) is 0 Å². The van der Waals surface area contributed by atoms with Gasteiger partial charge in [0.15, 0.2) is 0 Å². The molecule has 0 aliphatic heterocycles. The number of aromatic nitrogens is 1. The number of hydrogen-bond acceptors (Lipinski definition) is 3. The standard InChI is InChI=1S/C14H11NO3/c1-18-14(17)12-11(16)7-6-9-8-4-2-3-5-10(8)15-13(9)12/h2-7,15-16H,1H3.